The molecular formula is C15H16ClN. The topological polar surface area (TPSA) is 12.0 Å². The Hall–Kier alpha value is -1.47. The normalized spacial score (nSPS) is 10.3. The van der Waals surface area contributed by atoms with Gasteiger partial charge in [-0.2, -0.15) is 0 Å². The average molecular weight is 246 g/mol. The van der Waals surface area contributed by atoms with E-state index in [1.807, 2.05) is 24.3 Å². The van der Waals surface area contributed by atoms with E-state index in [9.17, 15) is 0 Å². The smallest absolute Gasteiger partial charge is 0.0407 e. The Balaban J connectivity index is 2.04. The molecule has 0 bridgehead atoms. The third-order valence-corrected chi connectivity index (χ3v) is 3.08. The van der Waals surface area contributed by atoms with Gasteiger partial charge in [0.15, 0.2) is 0 Å². The molecule has 0 saturated heterocycles. The molecule has 88 valence electrons. The summed E-state index contributed by atoms with van der Waals surface area (Å²) in [6.45, 7) is 5.10. The lowest BCUT2D eigenvalue weighted by Gasteiger charge is -2.09. The molecule has 2 aromatic rings. The molecule has 17 heavy (non-hydrogen) atoms. The van der Waals surface area contributed by atoms with Crippen LogP contribution in [0.3, 0.4) is 0 Å². The van der Waals surface area contributed by atoms with Gasteiger partial charge < -0.3 is 5.32 Å². The largest absolute Gasteiger partial charge is 0.381 e. The highest BCUT2D eigenvalue weighted by molar-refractivity contribution is 6.30. The standard InChI is InChI=1S/C15H16ClN/c1-11-3-4-13(12(2)9-11)10-17-15-7-5-14(16)6-8-15/h3-9,17H,10H2,1-2H3. The Labute approximate surface area is 107 Å². The molecule has 0 spiro atoms. The second-order valence-corrected chi connectivity index (χ2v) is 4.73. The fourth-order valence-corrected chi connectivity index (χ4v) is 1.94. The SMILES string of the molecule is Cc1ccc(CNc2ccc(Cl)cc2)c(C)c1. The first-order chi connectivity index (χ1) is 8.15. The summed E-state index contributed by atoms with van der Waals surface area (Å²) in [7, 11) is 0. The van der Waals surface area contributed by atoms with Gasteiger partial charge in [0.2, 0.25) is 0 Å². The summed E-state index contributed by atoms with van der Waals surface area (Å²) in [6, 6.07) is 14.3. The van der Waals surface area contributed by atoms with E-state index >= 15 is 0 Å². The molecule has 0 unspecified atom stereocenters. The number of benzene rings is 2. The molecular weight excluding hydrogens is 230 g/mol. The van der Waals surface area contributed by atoms with Crippen LogP contribution in [0.2, 0.25) is 5.02 Å². The average Bonchev–Trinajstić information content (AvgIpc) is 2.30. The predicted molar refractivity (Wildman–Crippen MR) is 74.7 cm³/mol. The minimum absolute atomic E-state index is 0.766. The first kappa shape index (κ1) is 12.0. The van der Waals surface area contributed by atoms with Crippen molar-refractivity contribution in [1.82, 2.24) is 0 Å². The van der Waals surface area contributed by atoms with Crippen molar-refractivity contribution in [2.75, 3.05) is 5.32 Å². The van der Waals surface area contributed by atoms with E-state index in [-0.39, 0.29) is 0 Å². The quantitative estimate of drug-likeness (QED) is 0.835. The molecule has 0 aromatic heterocycles. The third-order valence-electron chi connectivity index (χ3n) is 2.83. The molecule has 0 radical (unpaired) electrons. The van der Waals surface area contributed by atoms with E-state index in [1.165, 1.54) is 16.7 Å². The molecule has 2 heteroatoms. The summed E-state index contributed by atoms with van der Waals surface area (Å²) in [5, 5.41) is 4.16. The van der Waals surface area contributed by atoms with Crippen molar-refractivity contribution >= 4 is 17.3 Å². The van der Waals surface area contributed by atoms with Gasteiger partial charge in [0.05, 0.1) is 0 Å². The molecule has 2 rings (SSSR count). The van der Waals surface area contributed by atoms with E-state index in [2.05, 4.69) is 37.4 Å². The molecule has 0 atom stereocenters. The van der Waals surface area contributed by atoms with Crippen LogP contribution in [0.1, 0.15) is 16.7 Å². The van der Waals surface area contributed by atoms with Crippen LogP contribution in [-0.4, -0.2) is 0 Å². The fourth-order valence-electron chi connectivity index (χ4n) is 1.81. The summed E-state index contributed by atoms with van der Waals surface area (Å²) in [6.07, 6.45) is 0. The van der Waals surface area contributed by atoms with Crippen LogP contribution in [0.4, 0.5) is 5.69 Å². The summed E-state index contributed by atoms with van der Waals surface area (Å²) >= 11 is 5.84. The van der Waals surface area contributed by atoms with Crippen LogP contribution in [-0.2, 0) is 6.54 Å². The van der Waals surface area contributed by atoms with Crippen molar-refractivity contribution in [2.24, 2.45) is 0 Å². The van der Waals surface area contributed by atoms with Gasteiger partial charge in [-0.3, -0.25) is 0 Å². The Morgan fingerprint density at radius 1 is 1.00 bits per heavy atom. The summed E-state index contributed by atoms with van der Waals surface area (Å²) in [4.78, 5) is 0. The number of nitrogens with one attached hydrogen (secondary N) is 1. The van der Waals surface area contributed by atoms with Crippen molar-refractivity contribution in [3.8, 4) is 0 Å². The van der Waals surface area contributed by atoms with Crippen molar-refractivity contribution in [1.29, 1.82) is 0 Å². The fraction of sp³-hybridized carbons (Fsp3) is 0.200. The summed E-state index contributed by atoms with van der Waals surface area (Å²) < 4.78 is 0. The predicted octanol–water partition coefficient (Wildman–Crippen LogP) is 4.57. The molecule has 0 heterocycles. The van der Waals surface area contributed by atoms with Gasteiger partial charge in [-0.25, -0.2) is 0 Å². The molecule has 1 nitrogen and oxygen atoms in total. The van der Waals surface area contributed by atoms with E-state index in [0.717, 1.165) is 17.3 Å². The number of hydrogen-bond donors (Lipinski definition) is 1. The van der Waals surface area contributed by atoms with Gasteiger partial charge in [-0.05, 0) is 49.2 Å². The van der Waals surface area contributed by atoms with E-state index in [0.29, 0.717) is 0 Å². The lowest BCUT2D eigenvalue weighted by Crippen LogP contribution is -2.01. The van der Waals surface area contributed by atoms with Crippen LogP contribution >= 0.6 is 11.6 Å². The van der Waals surface area contributed by atoms with Crippen LogP contribution in [0, 0.1) is 13.8 Å². The minimum atomic E-state index is 0.766. The van der Waals surface area contributed by atoms with Gasteiger partial charge in [0.1, 0.15) is 0 Å². The lowest BCUT2D eigenvalue weighted by atomic mass is 10.1. The minimum Gasteiger partial charge on any atom is -0.381 e. The second-order valence-electron chi connectivity index (χ2n) is 4.29. The van der Waals surface area contributed by atoms with Crippen LogP contribution in [0.25, 0.3) is 0 Å². The van der Waals surface area contributed by atoms with E-state index in [4.69, 9.17) is 11.6 Å². The number of hydrogen-bond acceptors (Lipinski definition) is 1. The maximum absolute atomic E-state index is 5.84. The molecule has 0 amide bonds. The van der Waals surface area contributed by atoms with Crippen molar-refractivity contribution < 1.29 is 0 Å². The van der Waals surface area contributed by atoms with Crippen LogP contribution in [0.5, 0.6) is 0 Å². The van der Waals surface area contributed by atoms with Crippen molar-refractivity contribution in [3.05, 3.63) is 64.2 Å². The van der Waals surface area contributed by atoms with E-state index < -0.39 is 0 Å². The molecule has 0 aliphatic carbocycles. The van der Waals surface area contributed by atoms with Crippen molar-refractivity contribution in [3.63, 3.8) is 0 Å². The lowest BCUT2D eigenvalue weighted by molar-refractivity contribution is 1.11. The highest BCUT2D eigenvalue weighted by Gasteiger charge is 1.98. The summed E-state index contributed by atoms with van der Waals surface area (Å²) in [5.74, 6) is 0. The maximum Gasteiger partial charge on any atom is 0.0407 e. The molecule has 1 N–H and O–H groups in total. The zero-order valence-electron chi connectivity index (χ0n) is 10.1. The maximum atomic E-state index is 5.84. The number of rotatable bonds is 3. The second kappa shape index (κ2) is 5.24. The molecule has 2 aromatic carbocycles. The first-order valence-electron chi connectivity index (χ1n) is 5.71. The van der Waals surface area contributed by atoms with Crippen LogP contribution < -0.4 is 5.32 Å². The van der Waals surface area contributed by atoms with Crippen LogP contribution in [0.15, 0.2) is 42.5 Å². The zero-order chi connectivity index (χ0) is 12.3. The summed E-state index contributed by atoms with van der Waals surface area (Å²) in [5.41, 5.74) is 5.05. The Morgan fingerprint density at radius 2 is 1.71 bits per heavy atom. The van der Waals surface area contributed by atoms with Gasteiger partial charge in [0.25, 0.3) is 0 Å². The Bertz CT molecular complexity index is 503. The third kappa shape index (κ3) is 3.24. The number of aryl methyl sites for hydroxylation is 2. The van der Waals surface area contributed by atoms with Gasteiger partial charge >= 0.3 is 0 Å². The zero-order valence-corrected chi connectivity index (χ0v) is 10.9. The van der Waals surface area contributed by atoms with E-state index in [1.54, 1.807) is 0 Å². The molecule has 0 fully saturated rings. The monoisotopic (exact) mass is 245 g/mol. The van der Waals surface area contributed by atoms with Gasteiger partial charge in [-0.1, -0.05) is 35.4 Å². The highest BCUT2D eigenvalue weighted by atomic mass is 35.5. The first-order valence-corrected chi connectivity index (χ1v) is 6.08. The molecule has 0 saturated carbocycles. The highest BCUT2D eigenvalue weighted by Crippen LogP contribution is 2.16. The Kier molecular flexibility index (Phi) is 3.70. The van der Waals surface area contributed by atoms with Crippen molar-refractivity contribution in [2.45, 2.75) is 20.4 Å². The number of halogens is 1. The Morgan fingerprint density at radius 3 is 2.35 bits per heavy atom. The molecule has 0 aliphatic heterocycles. The van der Waals surface area contributed by atoms with Gasteiger partial charge in [0, 0.05) is 17.3 Å². The van der Waals surface area contributed by atoms with Gasteiger partial charge in [-0.15, -0.1) is 0 Å². The molecule has 0 aliphatic rings. The number of anilines is 1.